The van der Waals surface area contributed by atoms with Crippen LogP contribution in [-0.4, -0.2) is 35.2 Å². The van der Waals surface area contributed by atoms with E-state index in [4.69, 9.17) is 9.47 Å². The summed E-state index contributed by atoms with van der Waals surface area (Å²) >= 11 is 6.93. The van der Waals surface area contributed by atoms with Gasteiger partial charge in [0, 0.05) is 6.21 Å². The topological polar surface area (TPSA) is 85.2 Å². The van der Waals surface area contributed by atoms with Crippen molar-refractivity contribution in [2.24, 2.45) is 4.99 Å². The number of nitrogens with zero attached hydrogens (tertiary/aromatic N) is 1. The second kappa shape index (κ2) is 11.1. The number of halogens is 2. The third kappa shape index (κ3) is 5.83. The highest BCUT2D eigenvalue weighted by Crippen LogP contribution is 2.34. The van der Waals surface area contributed by atoms with Gasteiger partial charge >= 0.3 is 11.9 Å². The summed E-state index contributed by atoms with van der Waals surface area (Å²) in [5.41, 5.74) is 2.03. The lowest BCUT2D eigenvalue weighted by molar-refractivity contribution is -0.133. The number of rotatable bonds is 8. The zero-order chi connectivity index (χ0) is 23.1. The van der Waals surface area contributed by atoms with Gasteiger partial charge in [-0.2, -0.15) is 0 Å². The number of benzene rings is 3. The fourth-order valence-corrected chi connectivity index (χ4v) is 3.77. The fraction of sp³-hybridized carbons (Fsp3) is 0.125. The van der Waals surface area contributed by atoms with Crippen molar-refractivity contribution in [1.29, 1.82) is 0 Å². The first-order chi connectivity index (χ1) is 15.4. The number of carbonyl (C=O) groups excluding carboxylic acids is 1. The van der Waals surface area contributed by atoms with E-state index in [0.29, 0.717) is 17.0 Å². The number of methoxy groups -OCH3 is 1. The summed E-state index contributed by atoms with van der Waals surface area (Å²) in [6.45, 7) is 0. The molecule has 164 valence electrons. The van der Waals surface area contributed by atoms with Gasteiger partial charge in [0.05, 0.1) is 23.2 Å². The Balaban J connectivity index is 1.75. The number of carboxylic acids is 1. The molecule has 6 nitrogen and oxygen atoms in total. The van der Waals surface area contributed by atoms with Gasteiger partial charge in [0.15, 0.2) is 11.5 Å². The average Bonchev–Trinajstić information content (AvgIpc) is 2.83. The molecule has 0 amide bonds. The molecule has 2 unspecified atom stereocenters. The Bertz CT molecular complexity index is 1130. The van der Waals surface area contributed by atoms with E-state index >= 15 is 0 Å². The number of carboxylic acid groups (broad SMARTS) is 1. The molecule has 2 atom stereocenters. The lowest BCUT2D eigenvalue weighted by Crippen LogP contribution is -2.24. The summed E-state index contributed by atoms with van der Waals surface area (Å²) in [5.74, 6) is -0.925. The zero-order valence-corrected chi connectivity index (χ0v) is 20.1. The fourth-order valence-electron chi connectivity index (χ4n) is 2.85. The van der Waals surface area contributed by atoms with Crippen molar-refractivity contribution in [2.75, 3.05) is 7.11 Å². The lowest BCUT2D eigenvalue weighted by Gasteiger charge is -2.17. The van der Waals surface area contributed by atoms with Crippen molar-refractivity contribution in [3.05, 3.63) is 89.5 Å². The van der Waals surface area contributed by atoms with Gasteiger partial charge in [0.25, 0.3) is 0 Å². The molecule has 0 saturated heterocycles. The Hall–Kier alpha value is -2.97. The quantitative estimate of drug-likeness (QED) is 0.159. The van der Waals surface area contributed by atoms with E-state index in [1.807, 2.05) is 30.3 Å². The standard InChI is InChI=1S/C24H19Br2NO5/c1-31-20-13-15(14-27-18-10-6-5-9-17(18)23(28)29)11-12-19(20)32-24(30)22(26)21(25)16-7-3-2-4-8-16/h2-14,21-22H,1H3,(H,28,29). The minimum atomic E-state index is -1.05. The molecule has 3 rings (SSSR count). The SMILES string of the molecule is COc1cc(C=Nc2ccccc2C(=O)O)ccc1OC(=O)C(Br)C(Br)c1ccccc1. The number of aromatic carboxylic acids is 1. The number of hydrogen-bond donors (Lipinski definition) is 1. The third-order valence-electron chi connectivity index (χ3n) is 4.49. The van der Waals surface area contributed by atoms with Crippen molar-refractivity contribution in [3.8, 4) is 11.5 Å². The van der Waals surface area contributed by atoms with E-state index in [-0.39, 0.29) is 16.1 Å². The highest BCUT2D eigenvalue weighted by Gasteiger charge is 2.27. The van der Waals surface area contributed by atoms with Crippen molar-refractivity contribution < 1.29 is 24.2 Å². The second-order valence-electron chi connectivity index (χ2n) is 6.63. The first kappa shape index (κ1) is 23.7. The first-order valence-electron chi connectivity index (χ1n) is 9.50. The van der Waals surface area contributed by atoms with Crippen LogP contribution in [0.25, 0.3) is 0 Å². The highest BCUT2D eigenvalue weighted by molar-refractivity contribution is 9.12. The molecule has 0 aliphatic carbocycles. The summed E-state index contributed by atoms with van der Waals surface area (Å²) in [4.78, 5) is 27.3. The van der Waals surface area contributed by atoms with E-state index in [9.17, 15) is 14.7 Å². The molecular weight excluding hydrogens is 542 g/mol. The normalized spacial score (nSPS) is 12.8. The minimum absolute atomic E-state index is 0.104. The van der Waals surface area contributed by atoms with Gasteiger partial charge in [-0.1, -0.05) is 74.3 Å². The number of hydrogen-bond acceptors (Lipinski definition) is 5. The van der Waals surface area contributed by atoms with Gasteiger partial charge in [-0.15, -0.1) is 0 Å². The largest absolute Gasteiger partial charge is 0.493 e. The van der Waals surface area contributed by atoms with Gasteiger partial charge in [-0.3, -0.25) is 9.79 Å². The van der Waals surface area contributed by atoms with Crippen molar-refractivity contribution in [3.63, 3.8) is 0 Å². The molecule has 32 heavy (non-hydrogen) atoms. The minimum Gasteiger partial charge on any atom is -0.493 e. The number of para-hydroxylation sites is 1. The molecule has 3 aromatic rings. The Morgan fingerprint density at radius 3 is 2.34 bits per heavy atom. The van der Waals surface area contributed by atoms with Crippen LogP contribution in [0.2, 0.25) is 0 Å². The monoisotopic (exact) mass is 559 g/mol. The van der Waals surface area contributed by atoms with Gasteiger partial charge in [0.1, 0.15) is 4.83 Å². The molecule has 0 radical (unpaired) electrons. The van der Waals surface area contributed by atoms with Crippen LogP contribution in [0.5, 0.6) is 11.5 Å². The van der Waals surface area contributed by atoms with E-state index in [1.165, 1.54) is 19.4 Å². The number of carbonyl (C=O) groups is 2. The summed E-state index contributed by atoms with van der Waals surface area (Å²) in [5, 5.41) is 9.27. The summed E-state index contributed by atoms with van der Waals surface area (Å²) < 4.78 is 10.9. The summed E-state index contributed by atoms with van der Waals surface area (Å²) in [7, 11) is 1.47. The molecule has 3 aromatic carbocycles. The van der Waals surface area contributed by atoms with Gasteiger partial charge in [0.2, 0.25) is 0 Å². The smallest absolute Gasteiger partial charge is 0.337 e. The zero-order valence-electron chi connectivity index (χ0n) is 16.9. The molecule has 0 aliphatic heterocycles. The van der Waals surface area contributed by atoms with Crippen molar-refractivity contribution in [1.82, 2.24) is 0 Å². The number of aliphatic imine (C=N–C) groups is 1. The first-order valence-corrected chi connectivity index (χ1v) is 11.3. The lowest BCUT2D eigenvalue weighted by atomic mass is 10.1. The predicted molar refractivity (Wildman–Crippen MR) is 130 cm³/mol. The van der Waals surface area contributed by atoms with E-state index in [2.05, 4.69) is 36.9 Å². The molecule has 1 N–H and O–H groups in total. The number of esters is 1. The average molecular weight is 561 g/mol. The summed E-state index contributed by atoms with van der Waals surface area (Å²) in [6, 6.07) is 20.9. The number of alkyl halides is 2. The van der Waals surface area contributed by atoms with Gasteiger partial charge in [-0.05, 0) is 41.5 Å². The van der Waals surface area contributed by atoms with E-state index in [0.717, 1.165) is 5.56 Å². The van der Waals surface area contributed by atoms with Crippen LogP contribution in [-0.2, 0) is 4.79 Å². The maximum absolute atomic E-state index is 12.7. The Morgan fingerprint density at radius 1 is 0.969 bits per heavy atom. The highest BCUT2D eigenvalue weighted by atomic mass is 79.9. The Kier molecular flexibility index (Phi) is 8.19. The van der Waals surface area contributed by atoms with Crippen LogP contribution in [0.3, 0.4) is 0 Å². The molecule has 0 spiro atoms. The molecule has 0 fully saturated rings. The van der Waals surface area contributed by atoms with Gasteiger partial charge < -0.3 is 14.6 Å². The molecular formula is C24H19Br2NO5. The molecule has 0 bridgehead atoms. The van der Waals surface area contributed by atoms with Crippen LogP contribution in [0.1, 0.15) is 26.3 Å². The third-order valence-corrected chi connectivity index (χ3v) is 7.15. The van der Waals surface area contributed by atoms with Crippen molar-refractivity contribution >= 4 is 55.7 Å². The van der Waals surface area contributed by atoms with E-state index in [1.54, 1.807) is 36.4 Å². The Labute approximate surface area is 202 Å². The van der Waals surface area contributed by atoms with Crippen LogP contribution >= 0.6 is 31.9 Å². The second-order valence-corrected chi connectivity index (χ2v) is 8.60. The Morgan fingerprint density at radius 2 is 1.66 bits per heavy atom. The van der Waals surface area contributed by atoms with Crippen LogP contribution in [0.15, 0.2) is 77.8 Å². The van der Waals surface area contributed by atoms with Gasteiger partial charge in [-0.25, -0.2) is 4.79 Å². The maximum Gasteiger partial charge on any atom is 0.337 e. The summed E-state index contributed by atoms with van der Waals surface area (Å²) in [6.07, 6.45) is 1.52. The predicted octanol–water partition coefficient (Wildman–Crippen LogP) is 5.95. The molecule has 0 aromatic heterocycles. The maximum atomic E-state index is 12.7. The van der Waals surface area contributed by atoms with Crippen LogP contribution in [0, 0.1) is 0 Å². The number of ether oxygens (including phenoxy) is 2. The van der Waals surface area contributed by atoms with Crippen LogP contribution in [0.4, 0.5) is 5.69 Å². The molecule has 0 heterocycles. The molecule has 0 saturated carbocycles. The molecule has 8 heteroatoms. The van der Waals surface area contributed by atoms with Crippen LogP contribution < -0.4 is 9.47 Å². The molecule has 0 aliphatic rings. The van der Waals surface area contributed by atoms with Crippen molar-refractivity contribution in [2.45, 2.75) is 9.65 Å². The van der Waals surface area contributed by atoms with E-state index < -0.39 is 16.8 Å².